The topological polar surface area (TPSA) is 73.6 Å². The van der Waals surface area contributed by atoms with Gasteiger partial charge in [0.25, 0.3) is 0 Å². The van der Waals surface area contributed by atoms with E-state index in [2.05, 4.69) is 6.58 Å². The van der Waals surface area contributed by atoms with Gasteiger partial charge in [0.2, 0.25) is 0 Å². The third-order valence-electron chi connectivity index (χ3n) is 5.87. The summed E-state index contributed by atoms with van der Waals surface area (Å²) in [6, 6.07) is 18.8. The molecule has 3 aromatic carbocycles. The number of hydrogen-bond donors (Lipinski definition) is 1. The number of aromatic nitrogens is 2. The Hall–Kier alpha value is -3.90. The van der Waals surface area contributed by atoms with Crippen LogP contribution in [0.25, 0.3) is 22.2 Å². The number of ketones is 1. The molecule has 1 aromatic heterocycles. The summed E-state index contributed by atoms with van der Waals surface area (Å²) in [5, 5.41) is 16.3. The van der Waals surface area contributed by atoms with Gasteiger partial charge in [-0.2, -0.15) is 5.10 Å². The van der Waals surface area contributed by atoms with Crippen molar-refractivity contribution in [2.45, 2.75) is 19.1 Å². The number of nitrogens with zero attached hydrogens (tertiary/aromatic N) is 2. The average molecular weight is 440 g/mol. The summed E-state index contributed by atoms with van der Waals surface area (Å²) in [6.07, 6.45) is 1.76. The molecule has 166 valence electrons. The van der Waals surface area contributed by atoms with Crippen molar-refractivity contribution in [2.75, 3.05) is 13.7 Å². The Balaban J connectivity index is 1.39. The molecule has 6 nitrogen and oxygen atoms in total. The second-order valence-corrected chi connectivity index (χ2v) is 8.05. The van der Waals surface area contributed by atoms with Crippen molar-refractivity contribution >= 4 is 16.7 Å². The van der Waals surface area contributed by atoms with Gasteiger partial charge in [-0.25, -0.2) is 0 Å². The SMILES string of the molecule is C=CCc1ccc(OC[C@H](O)Cn2nc3c4c(cccc42)C(=O)c2ccccc2-3)c(OC)c1. The number of allylic oxidation sites excluding steroid dienone is 1. The van der Waals surface area contributed by atoms with Gasteiger partial charge in [0, 0.05) is 22.1 Å². The first-order valence-corrected chi connectivity index (χ1v) is 10.8. The summed E-state index contributed by atoms with van der Waals surface area (Å²) in [7, 11) is 1.59. The van der Waals surface area contributed by atoms with Gasteiger partial charge in [-0.05, 0) is 30.2 Å². The van der Waals surface area contributed by atoms with Gasteiger partial charge in [-0.3, -0.25) is 9.48 Å². The Labute approximate surface area is 191 Å². The van der Waals surface area contributed by atoms with Crippen LogP contribution in [0.1, 0.15) is 21.5 Å². The lowest BCUT2D eigenvalue weighted by Crippen LogP contribution is -2.24. The monoisotopic (exact) mass is 440 g/mol. The van der Waals surface area contributed by atoms with E-state index >= 15 is 0 Å². The molecule has 5 rings (SSSR count). The van der Waals surface area contributed by atoms with Gasteiger partial charge in [-0.1, -0.05) is 48.5 Å². The van der Waals surface area contributed by atoms with Gasteiger partial charge >= 0.3 is 0 Å². The van der Waals surface area contributed by atoms with Crippen LogP contribution in [0.5, 0.6) is 11.5 Å². The maximum atomic E-state index is 13.0. The lowest BCUT2D eigenvalue weighted by molar-refractivity contribution is 0.0891. The molecule has 0 aliphatic heterocycles. The molecule has 1 aliphatic rings. The molecule has 33 heavy (non-hydrogen) atoms. The van der Waals surface area contributed by atoms with Crippen molar-refractivity contribution in [3.63, 3.8) is 0 Å². The van der Waals surface area contributed by atoms with Crippen LogP contribution in [0.4, 0.5) is 0 Å². The van der Waals surface area contributed by atoms with Gasteiger partial charge < -0.3 is 14.6 Å². The highest BCUT2D eigenvalue weighted by atomic mass is 16.5. The fourth-order valence-electron chi connectivity index (χ4n) is 4.34. The molecular formula is C27H24N2O4. The second kappa shape index (κ2) is 8.56. The first-order valence-electron chi connectivity index (χ1n) is 10.8. The number of aliphatic hydroxyl groups excluding tert-OH is 1. The molecule has 0 spiro atoms. The van der Waals surface area contributed by atoms with E-state index in [1.165, 1.54) is 0 Å². The molecular weight excluding hydrogens is 416 g/mol. The van der Waals surface area contributed by atoms with Crippen molar-refractivity contribution in [1.29, 1.82) is 0 Å². The van der Waals surface area contributed by atoms with Crippen molar-refractivity contribution < 1.29 is 19.4 Å². The van der Waals surface area contributed by atoms with E-state index < -0.39 is 6.10 Å². The molecule has 0 radical (unpaired) electrons. The minimum absolute atomic E-state index is 0.000807. The maximum absolute atomic E-state index is 13.0. The molecule has 0 amide bonds. The Bertz CT molecular complexity index is 1370. The summed E-state index contributed by atoms with van der Waals surface area (Å²) in [6.45, 7) is 4.06. The van der Waals surface area contributed by atoms with Crippen LogP contribution >= 0.6 is 0 Å². The van der Waals surface area contributed by atoms with Crippen LogP contribution in [0.2, 0.25) is 0 Å². The number of ether oxygens (including phenoxy) is 2. The predicted octanol–water partition coefficient (Wildman–Crippen LogP) is 4.42. The highest BCUT2D eigenvalue weighted by Crippen LogP contribution is 2.38. The van der Waals surface area contributed by atoms with E-state index in [9.17, 15) is 9.90 Å². The van der Waals surface area contributed by atoms with E-state index in [1.807, 2.05) is 66.7 Å². The summed E-state index contributed by atoms with van der Waals surface area (Å²) in [5.41, 5.74) is 4.77. The van der Waals surface area contributed by atoms with Crippen molar-refractivity contribution in [2.24, 2.45) is 0 Å². The van der Waals surface area contributed by atoms with Crippen LogP contribution in [0, 0.1) is 0 Å². The van der Waals surface area contributed by atoms with Gasteiger partial charge in [0.15, 0.2) is 17.3 Å². The molecule has 0 unspecified atom stereocenters. The largest absolute Gasteiger partial charge is 0.493 e. The number of rotatable bonds is 8. The van der Waals surface area contributed by atoms with Gasteiger partial charge in [-0.15, -0.1) is 6.58 Å². The van der Waals surface area contributed by atoms with Crippen LogP contribution in [0.15, 0.2) is 73.3 Å². The zero-order valence-electron chi connectivity index (χ0n) is 18.3. The second-order valence-electron chi connectivity index (χ2n) is 8.05. The van der Waals surface area contributed by atoms with E-state index in [-0.39, 0.29) is 18.9 Å². The zero-order chi connectivity index (χ0) is 22.9. The number of aliphatic hydroxyl groups is 1. The molecule has 6 heteroatoms. The Morgan fingerprint density at radius 2 is 1.85 bits per heavy atom. The minimum atomic E-state index is -0.811. The fourth-order valence-corrected chi connectivity index (χ4v) is 4.34. The maximum Gasteiger partial charge on any atom is 0.194 e. The molecule has 1 atom stereocenters. The fraction of sp³-hybridized carbons (Fsp3) is 0.185. The van der Waals surface area contributed by atoms with Crippen LogP contribution in [-0.4, -0.2) is 40.5 Å². The quantitative estimate of drug-likeness (QED) is 0.362. The third kappa shape index (κ3) is 3.68. The van der Waals surface area contributed by atoms with E-state index in [0.29, 0.717) is 22.6 Å². The number of methoxy groups -OCH3 is 1. The standard InChI is InChI=1S/C27H24N2O4/c1-3-7-17-12-13-23(24(14-17)32-2)33-16-18(30)15-29-22-11-6-10-21-25(22)26(28-29)19-8-4-5-9-20(19)27(21)31/h3-6,8-14,18,30H,1,7,15-16H2,2H3/t18-/m1/s1. The zero-order valence-corrected chi connectivity index (χ0v) is 18.3. The summed E-state index contributed by atoms with van der Waals surface area (Å²) < 4.78 is 13.0. The smallest absolute Gasteiger partial charge is 0.194 e. The summed E-state index contributed by atoms with van der Waals surface area (Å²) in [5.74, 6) is 1.17. The normalized spacial score (nSPS) is 13.0. The highest BCUT2D eigenvalue weighted by Gasteiger charge is 2.28. The number of hydrogen-bond acceptors (Lipinski definition) is 5. The molecule has 1 aliphatic carbocycles. The number of carbonyl (C=O) groups is 1. The van der Waals surface area contributed by atoms with E-state index in [1.54, 1.807) is 11.8 Å². The van der Waals surface area contributed by atoms with Crippen LogP contribution in [-0.2, 0) is 13.0 Å². The lowest BCUT2D eigenvalue weighted by Gasteiger charge is -2.15. The molecule has 0 bridgehead atoms. The van der Waals surface area contributed by atoms with E-state index in [0.717, 1.165) is 34.1 Å². The summed E-state index contributed by atoms with van der Waals surface area (Å²) >= 11 is 0. The van der Waals surface area contributed by atoms with Crippen molar-refractivity contribution in [3.05, 3.63) is 90.0 Å². The first kappa shape index (κ1) is 21.0. The van der Waals surface area contributed by atoms with Crippen molar-refractivity contribution in [3.8, 4) is 22.8 Å². The first-order chi connectivity index (χ1) is 16.1. The highest BCUT2D eigenvalue weighted by molar-refractivity contribution is 6.25. The molecule has 1 heterocycles. The van der Waals surface area contributed by atoms with Gasteiger partial charge in [0.05, 0.1) is 19.2 Å². The Kier molecular flexibility index (Phi) is 5.44. The Morgan fingerprint density at radius 1 is 1.06 bits per heavy atom. The summed E-state index contributed by atoms with van der Waals surface area (Å²) in [4.78, 5) is 13.0. The molecule has 1 N–H and O–H groups in total. The Morgan fingerprint density at radius 3 is 2.64 bits per heavy atom. The minimum Gasteiger partial charge on any atom is -0.493 e. The molecule has 4 aromatic rings. The predicted molar refractivity (Wildman–Crippen MR) is 127 cm³/mol. The van der Waals surface area contributed by atoms with Crippen LogP contribution in [0.3, 0.4) is 0 Å². The van der Waals surface area contributed by atoms with Crippen molar-refractivity contribution in [1.82, 2.24) is 9.78 Å². The number of fused-ring (bicyclic) bond motifs is 2. The number of benzene rings is 3. The van der Waals surface area contributed by atoms with Crippen LogP contribution < -0.4 is 9.47 Å². The molecule has 0 fully saturated rings. The third-order valence-corrected chi connectivity index (χ3v) is 5.87. The molecule has 0 saturated carbocycles. The van der Waals surface area contributed by atoms with E-state index in [4.69, 9.17) is 14.6 Å². The van der Waals surface area contributed by atoms with Gasteiger partial charge in [0.1, 0.15) is 18.4 Å². The average Bonchev–Trinajstić information content (AvgIpc) is 3.21. The lowest BCUT2D eigenvalue weighted by atomic mass is 9.87. The number of carbonyl (C=O) groups excluding carboxylic acids is 1. The molecule has 0 saturated heterocycles.